The van der Waals surface area contributed by atoms with Crippen LogP contribution in [0.3, 0.4) is 0 Å². The predicted octanol–water partition coefficient (Wildman–Crippen LogP) is 3.35. The standard InChI is InChI=1S/C20H23ClN2O2/c1-14-8-10-16(11-9-14)12-19(24)23(15(2)20(25)22-3)13-17-6-4-5-7-18(17)21/h4-11,15H,12-13H2,1-3H3,(H,22,25)/t15-/m0/s1. The van der Waals surface area contributed by atoms with Gasteiger partial charge in [-0.15, -0.1) is 0 Å². The summed E-state index contributed by atoms with van der Waals surface area (Å²) < 4.78 is 0. The van der Waals surface area contributed by atoms with Gasteiger partial charge in [0.2, 0.25) is 11.8 Å². The molecule has 2 rings (SSSR count). The van der Waals surface area contributed by atoms with Crippen LogP contribution in [0.5, 0.6) is 0 Å². The molecule has 1 atom stereocenters. The summed E-state index contributed by atoms with van der Waals surface area (Å²) >= 11 is 6.23. The molecule has 0 unspecified atom stereocenters. The predicted molar refractivity (Wildman–Crippen MR) is 100 cm³/mol. The van der Waals surface area contributed by atoms with E-state index in [1.165, 1.54) is 0 Å². The first-order chi connectivity index (χ1) is 11.9. The van der Waals surface area contributed by atoms with Gasteiger partial charge in [0, 0.05) is 18.6 Å². The first-order valence-electron chi connectivity index (χ1n) is 8.22. The van der Waals surface area contributed by atoms with E-state index in [0.29, 0.717) is 11.6 Å². The van der Waals surface area contributed by atoms with Crippen LogP contribution in [0, 0.1) is 6.92 Å². The lowest BCUT2D eigenvalue weighted by Crippen LogP contribution is -2.47. The molecule has 5 heteroatoms. The van der Waals surface area contributed by atoms with Gasteiger partial charge in [0.25, 0.3) is 0 Å². The van der Waals surface area contributed by atoms with Crippen molar-refractivity contribution in [3.63, 3.8) is 0 Å². The molecular weight excluding hydrogens is 336 g/mol. The van der Waals surface area contributed by atoms with Gasteiger partial charge in [0.05, 0.1) is 6.42 Å². The highest BCUT2D eigenvalue weighted by molar-refractivity contribution is 6.31. The zero-order valence-corrected chi connectivity index (χ0v) is 15.5. The number of hydrogen-bond acceptors (Lipinski definition) is 2. The molecule has 0 aromatic heterocycles. The van der Waals surface area contributed by atoms with Crippen LogP contribution in [0.4, 0.5) is 0 Å². The summed E-state index contributed by atoms with van der Waals surface area (Å²) in [5.74, 6) is -0.316. The summed E-state index contributed by atoms with van der Waals surface area (Å²) in [6.07, 6.45) is 0.242. The van der Waals surface area contributed by atoms with Crippen molar-refractivity contribution in [2.75, 3.05) is 7.05 Å². The Kier molecular flexibility index (Phi) is 6.59. The van der Waals surface area contributed by atoms with Gasteiger partial charge in [0.15, 0.2) is 0 Å². The lowest BCUT2D eigenvalue weighted by Gasteiger charge is -2.28. The van der Waals surface area contributed by atoms with Crippen molar-refractivity contribution in [3.05, 3.63) is 70.2 Å². The van der Waals surface area contributed by atoms with Crippen molar-refractivity contribution < 1.29 is 9.59 Å². The largest absolute Gasteiger partial charge is 0.357 e. The zero-order chi connectivity index (χ0) is 18.4. The maximum absolute atomic E-state index is 12.9. The minimum atomic E-state index is -0.584. The first kappa shape index (κ1) is 19.0. The normalized spacial score (nSPS) is 11.7. The average molecular weight is 359 g/mol. The van der Waals surface area contributed by atoms with Gasteiger partial charge >= 0.3 is 0 Å². The van der Waals surface area contributed by atoms with Gasteiger partial charge in [-0.25, -0.2) is 0 Å². The van der Waals surface area contributed by atoms with Crippen LogP contribution in [0.25, 0.3) is 0 Å². The molecule has 4 nitrogen and oxygen atoms in total. The third-order valence-corrected chi connectivity index (χ3v) is 4.56. The number of benzene rings is 2. The monoisotopic (exact) mass is 358 g/mol. The molecule has 0 saturated heterocycles. The van der Waals surface area contributed by atoms with Gasteiger partial charge in [0.1, 0.15) is 6.04 Å². The van der Waals surface area contributed by atoms with Gasteiger partial charge in [-0.1, -0.05) is 59.6 Å². The van der Waals surface area contributed by atoms with E-state index in [0.717, 1.165) is 16.7 Å². The van der Waals surface area contributed by atoms with Gasteiger partial charge < -0.3 is 10.2 Å². The number of nitrogens with zero attached hydrogens (tertiary/aromatic N) is 1. The van der Waals surface area contributed by atoms with Crippen molar-refractivity contribution in [2.45, 2.75) is 32.9 Å². The number of aryl methyl sites for hydroxylation is 1. The van der Waals surface area contributed by atoms with Crippen molar-refractivity contribution in [1.82, 2.24) is 10.2 Å². The SMILES string of the molecule is CNC(=O)[C@H](C)N(Cc1ccccc1Cl)C(=O)Cc1ccc(C)cc1. The highest BCUT2D eigenvalue weighted by Gasteiger charge is 2.26. The molecule has 2 aromatic carbocycles. The maximum Gasteiger partial charge on any atom is 0.242 e. The second kappa shape index (κ2) is 8.67. The summed E-state index contributed by atoms with van der Waals surface area (Å²) in [5.41, 5.74) is 2.88. The third-order valence-electron chi connectivity index (χ3n) is 4.19. The molecule has 0 fully saturated rings. The molecular formula is C20H23ClN2O2. The van der Waals surface area contributed by atoms with E-state index in [-0.39, 0.29) is 18.2 Å². The molecule has 0 aliphatic heterocycles. The quantitative estimate of drug-likeness (QED) is 0.860. The Morgan fingerprint density at radius 3 is 2.36 bits per heavy atom. The van der Waals surface area contributed by atoms with Crippen molar-refractivity contribution in [3.8, 4) is 0 Å². The average Bonchev–Trinajstić information content (AvgIpc) is 2.61. The Morgan fingerprint density at radius 1 is 1.12 bits per heavy atom. The Labute approximate surface area is 153 Å². The molecule has 2 aromatic rings. The Morgan fingerprint density at radius 2 is 1.76 bits per heavy atom. The lowest BCUT2D eigenvalue weighted by molar-refractivity contribution is -0.139. The molecule has 0 heterocycles. The molecule has 0 aliphatic rings. The highest BCUT2D eigenvalue weighted by atomic mass is 35.5. The van der Waals surface area contributed by atoms with E-state index in [9.17, 15) is 9.59 Å². The van der Waals surface area contributed by atoms with Crippen LogP contribution in [0.1, 0.15) is 23.6 Å². The fourth-order valence-electron chi connectivity index (χ4n) is 2.58. The Balaban J connectivity index is 2.23. The van der Waals surface area contributed by atoms with Crippen LogP contribution in [-0.4, -0.2) is 29.8 Å². The van der Waals surface area contributed by atoms with Crippen molar-refractivity contribution in [2.24, 2.45) is 0 Å². The Hall–Kier alpha value is -2.33. The summed E-state index contributed by atoms with van der Waals surface area (Å²) in [4.78, 5) is 26.5. The molecule has 0 bridgehead atoms. The molecule has 25 heavy (non-hydrogen) atoms. The van der Waals surface area contributed by atoms with Crippen LogP contribution < -0.4 is 5.32 Å². The number of hydrogen-bond donors (Lipinski definition) is 1. The van der Waals surface area contributed by atoms with Crippen molar-refractivity contribution >= 4 is 23.4 Å². The summed E-state index contributed by atoms with van der Waals surface area (Å²) in [7, 11) is 1.57. The van der Waals surface area contributed by atoms with Crippen LogP contribution in [-0.2, 0) is 22.6 Å². The molecule has 2 amide bonds. The molecule has 0 aliphatic carbocycles. The number of likely N-dealkylation sites (N-methyl/N-ethyl adjacent to an activating group) is 1. The van der Waals surface area contributed by atoms with E-state index >= 15 is 0 Å². The van der Waals surface area contributed by atoms with E-state index in [2.05, 4.69) is 5.32 Å². The highest BCUT2D eigenvalue weighted by Crippen LogP contribution is 2.19. The number of rotatable bonds is 6. The van der Waals surface area contributed by atoms with E-state index < -0.39 is 6.04 Å². The molecule has 0 radical (unpaired) electrons. The number of halogens is 1. The van der Waals surface area contributed by atoms with Crippen molar-refractivity contribution in [1.29, 1.82) is 0 Å². The summed E-state index contributed by atoms with van der Waals surface area (Å²) in [6.45, 7) is 4.02. The van der Waals surface area contributed by atoms with Gasteiger partial charge in [-0.2, -0.15) is 0 Å². The minimum Gasteiger partial charge on any atom is -0.357 e. The summed E-state index contributed by atoms with van der Waals surface area (Å²) in [5, 5.41) is 3.19. The van der Waals surface area contributed by atoms with Gasteiger partial charge in [-0.3, -0.25) is 9.59 Å². The molecule has 0 spiro atoms. The number of carbonyl (C=O) groups excluding carboxylic acids is 2. The Bertz CT molecular complexity index is 744. The second-order valence-corrected chi connectivity index (χ2v) is 6.47. The lowest BCUT2D eigenvalue weighted by atomic mass is 10.1. The molecule has 0 saturated carbocycles. The van der Waals surface area contributed by atoms with Crippen LogP contribution in [0.15, 0.2) is 48.5 Å². The van der Waals surface area contributed by atoms with Gasteiger partial charge in [-0.05, 0) is 31.0 Å². The van der Waals surface area contributed by atoms with E-state index in [1.807, 2.05) is 49.4 Å². The number of carbonyl (C=O) groups is 2. The number of nitrogens with one attached hydrogen (secondary N) is 1. The smallest absolute Gasteiger partial charge is 0.242 e. The van der Waals surface area contributed by atoms with E-state index in [4.69, 9.17) is 11.6 Å². The fourth-order valence-corrected chi connectivity index (χ4v) is 2.78. The maximum atomic E-state index is 12.9. The summed E-state index contributed by atoms with van der Waals surface area (Å²) in [6, 6.07) is 14.6. The van der Waals surface area contributed by atoms with Crippen LogP contribution in [0.2, 0.25) is 5.02 Å². The minimum absolute atomic E-state index is 0.111. The topological polar surface area (TPSA) is 49.4 Å². The molecule has 132 valence electrons. The first-order valence-corrected chi connectivity index (χ1v) is 8.60. The van der Waals surface area contributed by atoms with Crippen LogP contribution >= 0.6 is 11.6 Å². The third kappa shape index (κ3) is 5.07. The second-order valence-electron chi connectivity index (χ2n) is 6.07. The zero-order valence-electron chi connectivity index (χ0n) is 14.8. The van der Waals surface area contributed by atoms with E-state index in [1.54, 1.807) is 24.9 Å². The fraction of sp³-hybridized carbons (Fsp3) is 0.300. The number of amides is 2. The molecule has 1 N–H and O–H groups in total.